The second-order valence-corrected chi connectivity index (χ2v) is 5.93. The van der Waals surface area contributed by atoms with Crippen LogP contribution in [-0.2, 0) is 6.18 Å². The van der Waals surface area contributed by atoms with Gasteiger partial charge in [-0.25, -0.2) is 14.2 Å². The lowest BCUT2D eigenvalue weighted by Gasteiger charge is -2.13. The van der Waals surface area contributed by atoms with Crippen molar-refractivity contribution in [2.24, 2.45) is 0 Å². The van der Waals surface area contributed by atoms with E-state index in [0.717, 1.165) is 6.07 Å². The highest BCUT2D eigenvalue weighted by molar-refractivity contribution is 9.10. The minimum Gasteiger partial charge on any atom is -0.476 e. The Balaban J connectivity index is 2.71. The molecule has 0 radical (unpaired) electrons. The molecular weight excluding hydrogens is 429 g/mol. The molecule has 2 aromatic rings. The summed E-state index contributed by atoms with van der Waals surface area (Å²) in [5.41, 5.74) is -2.43. The lowest BCUT2D eigenvalue weighted by molar-refractivity contribution is -0.138. The lowest BCUT2D eigenvalue weighted by Crippen LogP contribution is -2.07. The van der Waals surface area contributed by atoms with Crippen molar-refractivity contribution < 1.29 is 27.5 Å². The van der Waals surface area contributed by atoms with Crippen LogP contribution in [0.5, 0.6) is 0 Å². The van der Waals surface area contributed by atoms with Crippen LogP contribution in [0.25, 0.3) is 11.3 Å². The van der Waals surface area contributed by atoms with Crippen molar-refractivity contribution in [1.82, 2.24) is 4.98 Å². The molecule has 0 aliphatic carbocycles. The molecule has 1 aromatic carbocycles. The zero-order valence-electron chi connectivity index (χ0n) is 10.7. The van der Waals surface area contributed by atoms with E-state index in [0.29, 0.717) is 12.1 Å². The van der Waals surface area contributed by atoms with Crippen molar-refractivity contribution in [3.8, 4) is 11.3 Å². The van der Waals surface area contributed by atoms with Crippen LogP contribution in [0.1, 0.15) is 16.1 Å². The number of aromatic carboxylic acids is 1. The van der Waals surface area contributed by atoms with E-state index in [-0.39, 0.29) is 5.56 Å². The molecule has 10 heteroatoms. The summed E-state index contributed by atoms with van der Waals surface area (Å²) in [4.78, 5) is 14.5. The predicted molar refractivity (Wildman–Crippen MR) is 79.3 cm³/mol. The predicted octanol–water partition coefficient (Wildman–Crippen LogP) is 5.67. The SMILES string of the molecule is O=C(O)c1nc(-c2cc(Br)c(C(F)(F)F)cc2Cl)c(F)cc1Cl. The van der Waals surface area contributed by atoms with E-state index < -0.39 is 49.4 Å². The first-order valence-corrected chi connectivity index (χ1v) is 7.23. The minimum atomic E-state index is -4.67. The fraction of sp³-hybridized carbons (Fsp3) is 0.0769. The number of alkyl halides is 3. The Labute approximate surface area is 145 Å². The van der Waals surface area contributed by atoms with Crippen LogP contribution in [-0.4, -0.2) is 16.1 Å². The molecule has 0 unspecified atom stereocenters. The van der Waals surface area contributed by atoms with Crippen LogP contribution < -0.4 is 0 Å². The molecule has 3 nitrogen and oxygen atoms in total. The first kappa shape index (κ1) is 18.0. The number of hydrogen-bond acceptors (Lipinski definition) is 2. The number of carboxylic acid groups (broad SMARTS) is 1. The number of halogens is 7. The van der Waals surface area contributed by atoms with Gasteiger partial charge in [0.05, 0.1) is 15.6 Å². The van der Waals surface area contributed by atoms with Gasteiger partial charge in [-0.15, -0.1) is 0 Å². The first-order valence-electron chi connectivity index (χ1n) is 5.68. The maximum Gasteiger partial charge on any atom is 0.417 e. The molecular formula is C13H4BrCl2F4NO2. The van der Waals surface area contributed by atoms with Gasteiger partial charge < -0.3 is 5.11 Å². The fourth-order valence-corrected chi connectivity index (χ4v) is 2.79. The largest absolute Gasteiger partial charge is 0.476 e. The molecule has 1 N–H and O–H groups in total. The standard InChI is InChI=1S/C13H4BrCl2F4NO2/c14-6-1-4(7(15)2-5(6)13(18,19)20)10-9(17)3-8(16)11(21-10)12(22)23/h1-3H,(H,22,23). The average molecular weight is 433 g/mol. The Morgan fingerprint density at radius 2 is 1.78 bits per heavy atom. The summed E-state index contributed by atoms with van der Waals surface area (Å²) >= 11 is 14.1. The van der Waals surface area contributed by atoms with E-state index >= 15 is 0 Å². The van der Waals surface area contributed by atoms with E-state index in [2.05, 4.69) is 20.9 Å². The minimum absolute atomic E-state index is 0.205. The van der Waals surface area contributed by atoms with Gasteiger partial charge in [-0.1, -0.05) is 39.1 Å². The Kier molecular flexibility index (Phi) is 4.89. The summed E-state index contributed by atoms with van der Waals surface area (Å²) in [5, 5.41) is 8.06. The first-order chi connectivity index (χ1) is 10.5. The number of pyridine rings is 1. The van der Waals surface area contributed by atoms with Crippen molar-refractivity contribution >= 4 is 45.1 Å². The van der Waals surface area contributed by atoms with Crippen LogP contribution in [0.2, 0.25) is 10.0 Å². The smallest absolute Gasteiger partial charge is 0.417 e. The van der Waals surface area contributed by atoms with E-state index in [1.165, 1.54) is 0 Å². The molecule has 0 saturated carbocycles. The summed E-state index contributed by atoms with van der Waals surface area (Å²) < 4.78 is 52.0. The van der Waals surface area contributed by atoms with E-state index in [4.69, 9.17) is 28.3 Å². The molecule has 0 spiro atoms. The van der Waals surface area contributed by atoms with Crippen molar-refractivity contribution in [2.45, 2.75) is 6.18 Å². The zero-order chi connectivity index (χ0) is 17.5. The molecule has 0 amide bonds. The average Bonchev–Trinajstić information content (AvgIpc) is 2.39. The number of aromatic nitrogens is 1. The number of nitrogens with zero attached hydrogens (tertiary/aromatic N) is 1. The zero-order valence-corrected chi connectivity index (χ0v) is 13.8. The van der Waals surface area contributed by atoms with Crippen LogP contribution in [0.3, 0.4) is 0 Å². The molecule has 0 aliphatic rings. The molecule has 1 heterocycles. The molecule has 0 aliphatic heterocycles. The maximum atomic E-state index is 14.0. The summed E-state index contributed by atoms with van der Waals surface area (Å²) in [7, 11) is 0. The van der Waals surface area contributed by atoms with Crippen LogP contribution in [0.15, 0.2) is 22.7 Å². The van der Waals surface area contributed by atoms with Gasteiger partial charge in [0.1, 0.15) is 5.69 Å². The Bertz CT molecular complexity index is 812. The maximum absolute atomic E-state index is 14.0. The van der Waals surface area contributed by atoms with E-state index in [1.807, 2.05) is 0 Å². The Morgan fingerprint density at radius 3 is 2.30 bits per heavy atom. The Hall–Kier alpha value is -1.38. The summed E-state index contributed by atoms with van der Waals surface area (Å²) in [5.74, 6) is -2.54. The van der Waals surface area contributed by atoms with Gasteiger partial charge in [-0.2, -0.15) is 13.2 Å². The van der Waals surface area contributed by atoms with Gasteiger partial charge >= 0.3 is 12.1 Å². The van der Waals surface area contributed by atoms with Gasteiger partial charge in [0.2, 0.25) is 0 Å². The summed E-state index contributed by atoms with van der Waals surface area (Å²) in [6.45, 7) is 0. The third-order valence-corrected chi connectivity index (χ3v) is 4.01. The number of rotatable bonds is 2. The Morgan fingerprint density at radius 1 is 1.17 bits per heavy atom. The summed E-state index contributed by atoms with van der Waals surface area (Å²) in [6.07, 6.45) is -4.67. The van der Waals surface area contributed by atoms with Crippen molar-refractivity contribution in [3.05, 3.63) is 49.8 Å². The van der Waals surface area contributed by atoms with Gasteiger partial charge in [-0.05, 0) is 18.2 Å². The molecule has 1 aromatic heterocycles. The number of benzene rings is 1. The topological polar surface area (TPSA) is 50.2 Å². The number of carbonyl (C=O) groups is 1. The third-order valence-electron chi connectivity index (χ3n) is 2.75. The van der Waals surface area contributed by atoms with E-state index in [1.54, 1.807) is 0 Å². The molecule has 0 fully saturated rings. The second-order valence-electron chi connectivity index (χ2n) is 4.26. The van der Waals surface area contributed by atoms with E-state index in [9.17, 15) is 22.4 Å². The highest BCUT2D eigenvalue weighted by atomic mass is 79.9. The highest BCUT2D eigenvalue weighted by Gasteiger charge is 2.34. The summed E-state index contributed by atoms with van der Waals surface area (Å²) in [6, 6.07) is 2.21. The molecule has 2 rings (SSSR count). The highest BCUT2D eigenvalue weighted by Crippen LogP contribution is 2.41. The molecule has 0 bridgehead atoms. The lowest BCUT2D eigenvalue weighted by atomic mass is 10.1. The number of carboxylic acids is 1. The normalized spacial score (nSPS) is 11.6. The van der Waals surface area contributed by atoms with Gasteiger partial charge in [-0.3, -0.25) is 0 Å². The monoisotopic (exact) mass is 431 g/mol. The fourth-order valence-electron chi connectivity index (χ4n) is 1.75. The number of hydrogen-bond donors (Lipinski definition) is 1. The van der Waals surface area contributed by atoms with Crippen molar-refractivity contribution in [3.63, 3.8) is 0 Å². The third kappa shape index (κ3) is 3.59. The van der Waals surface area contributed by atoms with Gasteiger partial charge in [0.25, 0.3) is 0 Å². The van der Waals surface area contributed by atoms with Gasteiger partial charge in [0.15, 0.2) is 11.5 Å². The molecule has 122 valence electrons. The molecule has 0 atom stereocenters. The van der Waals surface area contributed by atoms with Crippen molar-refractivity contribution in [1.29, 1.82) is 0 Å². The quantitative estimate of drug-likeness (QED) is 0.621. The van der Waals surface area contributed by atoms with Gasteiger partial charge in [0, 0.05) is 10.0 Å². The van der Waals surface area contributed by atoms with Crippen LogP contribution >= 0.6 is 39.1 Å². The van der Waals surface area contributed by atoms with Crippen molar-refractivity contribution in [2.75, 3.05) is 0 Å². The molecule has 0 saturated heterocycles. The second kappa shape index (κ2) is 6.26. The van der Waals surface area contributed by atoms with Crippen LogP contribution in [0.4, 0.5) is 17.6 Å². The van der Waals surface area contributed by atoms with Crippen LogP contribution in [0, 0.1) is 5.82 Å². The molecule has 23 heavy (non-hydrogen) atoms.